The molecule has 2 aliphatic heterocycles. The molecule has 1 fully saturated rings. The molecule has 0 radical (unpaired) electrons. The van der Waals surface area contributed by atoms with E-state index >= 15 is 0 Å². The average molecular weight is 286 g/mol. The smallest absolute Gasteiger partial charge is 0.227 e. The Bertz CT molecular complexity index is 494. The van der Waals surface area contributed by atoms with Crippen molar-refractivity contribution in [1.82, 2.24) is 5.32 Å². The van der Waals surface area contributed by atoms with E-state index in [1.807, 2.05) is 11.0 Å². The fraction of sp³-hybridized carbons (Fsp3) is 0.611. The summed E-state index contributed by atoms with van der Waals surface area (Å²) in [4.78, 5) is 14.7. The third-order valence-electron chi connectivity index (χ3n) is 5.05. The van der Waals surface area contributed by atoms with Crippen LogP contribution in [-0.2, 0) is 11.2 Å². The first kappa shape index (κ1) is 14.6. The topological polar surface area (TPSA) is 32.3 Å². The first-order valence-electron chi connectivity index (χ1n) is 8.34. The molecular formula is C18H26N2O. The number of hydrogen-bond acceptors (Lipinski definition) is 2. The predicted molar refractivity (Wildman–Crippen MR) is 86.5 cm³/mol. The molecule has 0 bridgehead atoms. The Balaban J connectivity index is 1.66. The number of rotatable bonds is 3. The molecule has 1 amide bonds. The highest BCUT2D eigenvalue weighted by Gasteiger charge is 2.27. The van der Waals surface area contributed by atoms with Crippen LogP contribution >= 0.6 is 0 Å². The molecule has 1 N–H and O–H groups in total. The summed E-state index contributed by atoms with van der Waals surface area (Å²) in [5.74, 6) is 1.43. The van der Waals surface area contributed by atoms with Crippen molar-refractivity contribution in [3.63, 3.8) is 0 Å². The third-order valence-corrected chi connectivity index (χ3v) is 5.05. The Kier molecular flexibility index (Phi) is 4.59. The second kappa shape index (κ2) is 6.61. The van der Waals surface area contributed by atoms with Gasteiger partial charge in [-0.25, -0.2) is 0 Å². The van der Waals surface area contributed by atoms with Gasteiger partial charge in [-0.3, -0.25) is 4.79 Å². The molecule has 3 heteroatoms. The van der Waals surface area contributed by atoms with Gasteiger partial charge in [0.05, 0.1) is 0 Å². The van der Waals surface area contributed by atoms with Gasteiger partial charge in [-0.1, -0.05) is 25.1 Å². The highest BCUT2D eigenvalue weighted by atomic mass is 16.2. The zero-order chi connectivity index (χ0) is 14.7. The van der Waals surface area contributed by atoms with Crippen molar-refractivity contribution in [2.24, 2.45) is 11.8 Å². The Morgan fingerprint density at radius 1 is 1.38 bits per heavy atom. The molecule has 0 aromatic heterocycles. The Morgan fingerprint density at radius 2 is 2.24 bits per heavy atom. The fourth-order valence-corrected chi connectivity index (χ4v) is 3.71. The standard InChI is InChI=1S/C18H26N2O/c1-14(16-7-4-10-19-13-16)12-18(21)20-11-5-8-15-6-2-3-9-17(15)20/h2-3,6,9,14,16,19H,4-5,7-8,10-13H2,1H3. The highest BCUT2D eigenvalue weighted by molar-refractivity contribution is 5.94. The molecule has 1 aromatic rings. The lowest BCUT2D eigenvalue weighted by atomic mass is 9.85. The van der Waals surface area contributed by atoms with Crippen molar-refractivity contribution < 1.29 is 4.79 Å². The Morgan fingerprint density at radius 3 is 3.05 bits per heavy atom. The summed E-state index contributed by atoms with van der Waals surface area (Å²) in [6.45, 7) is 5.33. The van der Waals surface area contributed by atoms with E-state index in [1.54, 1.807) is 0 Å². The maximum Gasteiger partial charge on any atom is 0.227 e. The van der Waals surface area contributed by atoms with E-state index in [2.05, 4.69) is 30.4 Å². The summed E-state index contributed by atoms with van der Waals surface area (Å²) in [7, 11) is 0. The van der Waals surface area contributed by atoms with Crippen molar-refractivity contribution in [3.05, 3.63) is 29.8 Å². The van der Waals surface area contributed by atoms with Crippen LogP contribution in [0.5, 0.6) is 0 Å². The van der Waals surface area contributed by atoms with E-state index in [0.29, 0.717) is 24.2 Å². The normalized spacial score (nSPS) is 23.5. The van der Waals surface area contributed by atoms with Gasteiger partial charge in [0.1, 0.15) is 0 Å². The van der Waals surface area contributed by atoms with Crippen LogP contribution in [0.3, 0.4) is 0 Å². The average Bonchev–Trinajstić information content (AvgIpc) is 2.55. The van der Waals surface area contributed by atoms with Crippen LogP contribution in [0, 0.1) is 11.8 Å². The number of carbonyl (C=O) groups is 1. The van der Waals surface area contributed by atoms with Crippen molar-refractivity contribution in [1.29, 1.82) is 0 Å². The minimum Gasteiger partial charge on any atom is -0.316 e. The van der Waals surface area contributed by atoms with Crippen molar-refractivity contribution in [2.75, 3.05) is 24.5 Å². The minimum atomic E-state index is 0.306. The van der Waals surface area contributed by atoms with Crippen LogP contribution in [0.25, 0.3) is 0 Å². The van der Waals surface area contributed by atoms with E-state index in [-0.39, 0.29) is 0 Å². The number of anilines is 1. The van der Waals surface area contributed by atoms with Gasteiger partial charge in [-0.15, -0.1) is 0 Å². The van der Waals surface area contributed by atoms with E-state index in [4.69, 9.17) is 0 Å². The molecule has 2 heterocycles. The summed E-state index contributed by atoms with van der Waals surface area (Å²) >= 11 is 0. The largest absolute Gasteiger partial charge is 0.316 e. The number of amides is 1. The molecule has 0 saturated carbocycles. The molecule has 0 spiro atoms. The van der Waals surface area contributed by atoms with Crippen LogP contribution < -0.4 is 10.2 Å². The van der Waals surface area contributed by atoms with Crippen LogP contribution in [0.15, 0.2) is 24.3 Å². The quantitative estimate of drug-likeness (QED) is 0.926. The van der Waals surface area contributed by atoms with Gasteiger partial charge >= 0.3 is 0 Å². The van der Waals surface area contributed by atoms with E-state index < -0.39 is 0 Å². The first-order valence-corrected chi connectivity index (χ1v) is 8.34. The summed E-state index contributed by atoms with van der Waals surface area (Å²) in [6.07, 6.45) is 5.37. The number of aryl methyl sites for hydroxylation is 1. The van der Waals surface area contributed by atoms with Gasteiger partial charge in [-0.2, -0.15) is 0 Å². The maximum absolute atomic E-state index is 12.7. The minimum absolute atomic E-state index is 0.306. The molecule has 1 saturated heterocycles. The molecule has 114 valence electrons. The number of nitrogens with zero attached hydrogens (tertiary/aromatic N) is 1. The number of piperidine rings is 1. The lowest BCUT2D eigenvalue weighted by Crippen LogP contribution is -2.39. The highest BCUT2D eigenvalue weighted by Crippen LogP contribution is 2.29. The number of benzene rings is 1. The van der Waals surface area contributed by atoms with Crippen molar-refractivity contribution in [3.8, 4) is 0 Å². The zero-order valence-corrected chi connectivity index (χ0v) is 13.0. The zero-order valence-electron chi connectivity index (χ0n) is 13.0. The van der Waals surface area contributed by atoms with E-state index in [1.165, 1.54) is 18.4 Å². The van der Waals surface area contributed by atoms with E-state index in [9.17, 15) is 4.79 Å². The molecule has 3 nitrogen and oxygen atoms in total. The molecule has 2 aliphatic rings. The van der Waals surface area contributed by atoms with Crippen molar-refractivity contribution >= 4 is 11.6 Å². The lowest BCUT2D eigenvalue weighted by molar-refractivity contribution is -0.119. The van der Waals surface area contributed by atoms with Gasteiger partial charge in [0.25, 0.3) is 0 Å². The number of hydrogen-bond donors (Lipinski definition) is 1. The van der Waals surface area contributed by atoms with Gasteiger partial charge in [0.15, 0.2) is 0 Å². The molecule has 2 unspecified atom stereocenters. The summed E-state index contributed by atoms with van der Waals surface area (Å²) < 4.78 is 0. The number of fused-ring (bicyclic) bond motifs is 1. The molecular weight excluding hydrogens is 260 g/mol. The Hall–Kier alpha value is -1.35. The van der Waals surface area contributed by atoms with Crippen LogP contribution in [-0.4, -0.2) is 25.5 Å². The first-order chi connectivity index (χ1) is 10.3. The van der Waals surface area contributed by atoms with Crippen LogP contribution in [0.2, 0.25) is 0 Å². The maximum atomic E-state index is 12.7. The summed E-state index contributed by atoms with van der Waals surface area (Å²) in [6, 6.07) is 8.37. The number of carbonyl (C=O) groups excluding carboxylic acids is 1. The molecule has 0 aliphatic carbocycles. The second-order valence-electron chi connectivity index (χ2n) is 6.57. The number of para-hydroxylation sites is 1. The summed E-state index contributed by atoms with van der Waals surface area (Å²) in [5, 5.41) is 3.46. The second-order valence-corrected chi connectivity index (χ2v) is 6.57. The predicted octanol–water partition coefficient (Wildman–Crippen LogP) is 2.99. The monoisotopic (exact) mass is 286 g/mol. The van der Waals surface area contributed by atoms with Gasteiger partial charge in [0, 0.05) is 18.7 Å². The summed E-state index contributed by atoms with van der Waals surface area (Å²) in [5.41, 5.74) is 2.46. The van der Waals surface area contributed by atoms with Crippen LogP contribution in [0.4, 0.5) is 5.69 Å². The van der Waals surface area contributed by atoms with Crippen molar-refractivity contribution in [2.45, 2.75) is 39.0 Å². The molecule has 21 heavy (non-hydrogen) atoms. The number of nitrogens with one attached hydrogen (secondary N) is 1. The lowest BCUT2D eigenvalue weighted by Gasteiger charge is -2.33. The van der Waals surface area contributed by atoms with Gasteiger partial charge in [-0.05, 0) is 62.2 Å². The van der Waals surface area contributed by atoms with Gasteiger partial charge < -0.3 is 10.2 Å². The van der Waals surface area contributed by atoms with E-state index in [0.717, 1.165) is 38.2 Å². The molecule has 1 aromatic carbocycles. The fourth-order valence-electron chi connectivity index (χ4n) is 3.71. The molecule has 3 rings (SSSR count). The van der Waals surface area contributed by atoms with Crippen LogP contribution in [0.1, 0.15) is 38.2 Å². The third kappa shape index (κ3) is 3.29. The Labute approximate surface area is 127 Å². The van der Waals surface area contributed by atoms with Gasteiger partial charge in [0.2, 0.25) is 5.91 Å². The SMILES string of the molecule is CC(CC(=O)N1CCCc2ccccc21)C1CCCNC1. The molecule has 2 atom stereocenters.